The average molecular weight is 614 g/mol. The lowest BCUT2D eigenvalue weighted by molar-refractivity contribution is 0.384. The van der Waals surface area contributed by atoms with Crippen LogP contribution in [0, 0.1) is 0 Å². The third-order valence-electron chi connectivity index (χ3n) is 8.77. The first-order valence-corrected chi connectivity index (χ1v) is 16.7. The molecule has 0 spiro atoms. The second-order valence-corrected chi connectivity index (χ2v) is 13.5. The Hall–Kier alpha value is -5.10. The van der Waals surface area contributed by atoms with E-state index >= 15 is 0 Å². The minimum absolute atomic E-state index is 0.266. The van der Waals surface area contributed by atoms with Crippen LogP contribution in [0.25, 0.3) is 51.5 Å². The van der Waals surface area contributed by atoms with Gasteiger partial charge >= 0.3 is 0 Å². The Morgan fingerprint density at radius 3 is 1.76 bits per heavy atom. The van der Waals surface area contributed by atoms with Crippen molar-refractivity contribution in [3.63, 3.8) is 0 Å². The third kappa shape index (κ3) is 4.23. The highest BCUT2D eigenvalue weighted by Gasteiger charge is 2.30. The summed E-state index contributed by atoms with van der Waals surface area (Å²) in [6, 6.07) is 49.8. The molecule has 1 aliphatic heterocycles. The Balaban J connectivity index is 1.31. The highest BCUT2D eigenvalue weighted by molar-refractivity contribution is 7.26. The van der Waals surface area contributed by atoms with Gasteiger partial charge in [-0.1, -0.05) is 115 Å². The second kappa shape index (κ2) is 10.5. The lowest BCUT2D eigenvalue weighted by Gasteiger charge is -2.33. The molecule has 1 atom stereocenters. The minimum Gasteiger partial charge on any atom is -0.333 e. The van der Waals surface area contributed by atoms with Crippen molar-refractivity contribution in [3.05, 3.63) is 156 Å². The van der Waals surface area contributed by atoms with Gasteiger partial charge in [0.25, 0.3) is 0 Å². The van der Waals surface area contributed by atoms with Gasteiger partial charge in [0.2, 0.25) is 0 Å². The lowest BCUT2D eigenvalue weighted by atomic mass is 9.96. The SMILES string of the molecule is CN1C(c2cccc3c2sc2ccccc23)=NC(c2cccc3c2sc2ccccc23)=NC1c1ccccc1-c1ccccc1. The van der Waals surface area contributed by atoms with Gasteiger partial charge in [-0.3, -0.25) is 0 Å². The van der Waals surface area contributed by atoms with Gasteiger partial charge in [0.15, 0.2) is 12.0 Å². The van der Waals surface area contributed by atoms with Crippen LogP contribution in [0.3, 0.4) is 0 Å². The zero-order valence-corrected chi connectivity index (χ0v) is 26.1. The maximum atomic E-state index is 5.47. The summed E-state index contributed by atoms with van der Waals surface area (Å²) >= 11 is 3.66. The molecular weight excluding hydrogens is 587 g/mol. The topological polar surface area (TPSA) is 28.0 Å². The first kappa shape index (κ1) is 26.3. The summed E-state index contributed by atoms with van der Waals surface area (Å²) in [6.07, 6.45) is -0.266. The molecule has 0 fully saturated rings. The van der Waals surface area contributed by atoms with Gasteiger partial charge in [0, 0.05) is 64.1 Å². The lowest BCUT2D eigenvalue weighted by Crippen LogP contribution is -2.36. The Labute approximate surface area is 269 Å². The summed E-state index contributed by atoms with van der Waals surface area (Å²) in [6.45, 7) is 0. The average Bonchev–Trinajstić information content (AvgIpc) is 3.68. The standard InChI is InChI=1S/C40H27N3S2/c1-43-39(31-18-6-5-15-26(31)25-13-3-2-4-14-25)41-38(32-21-11-19-29-27-16-7-9-23-34(27)44-36(29)32)42-40(43)33-22-12-20-30-28-17-8-10-24-35(28)45-37(30)33/h2-24,39H,1H3. The van der Waals surface area contributed by atoms with Gasteiger partial charge in [-0.05, 0) is 35.4 Å². The van der Waals surface area contributed by atoms with E-state index in [1.165, 1.54) is 51.5 Å². The van der Waals surface area contributed by atoms with Crippen molar-refractivity contribution in [2.24, 2.45) is 9.98 Å². The molecule has 0 radical (unpaired) electrons. The quantitative estimate of drug-likeness (QED) is 0.194. The van der Waals surface area contributed by atoms with Crippen molar-refractivity contribution in [1.82, 2.24) is 4.90 Å². The normalized spacial score (nSPS) is 15.2. The molecule has 3 nitrogen and oxygen atoms in total. The molecule has 3 heterocycles. The third-order valence-corrected chi connectivity index (χ3v) is 11.2. The number of aliphatic imine (C=N–C) groups is 2. The molecule has 8 aromatic rings. The summed E-state index contributed by atoms with van der Waals surface area (Å²) in [7, 11) is 2.14. The zero-order valence-electron chi connectivity index (χ0n) is 24.5. The van der Waals surface area contributed by atoms with Crippen molar-refractivity contribution in [2.45, 2.75) is 6.17 Å². The van der Waals surface area contributed by atoms with Crippen LogP contribution in [0.15, 0.2) is 150 Å². The number of nitrogens with zero attached hydrogens (tertiary/aromatic N) is 3. The summed E-state index contributed by atoms with van der Waals surface area (Å²) < 4.78 is 5.04. The number of fused-ring (bicyclic) bond motifs is 6. The van der Waals surface area contributed by atoms with Crippen LogP contribution in [-0.4, -0.2) is 23.6 Å². The molecule has 0 aliphatic carbocycles. The van der Waals surface area contributed by atoms with Crippen LogP contribution >= 0.6 is 22.7 Å². The van der Waals surface area contributed by atoms with Gasteiger partial charge in [-0.2, -0.15) is 0 Å². The van der Waals surface area contributed by atoms with E-state index in [4.69, 9.17) is 9.98 Å². The molecular formula is C40H27N3S2. The fourth-order valence-corrected chi connectivity index (χ4v) is 9.06. The molecule has 0 saturated heterocycles. The van der Waals surface area contributed by atoms with Crippen molar-refractivity contribution >= 4 is 74.7 Å². The molecule has 0 amide bonds. The molecule has 45 heavy (non-hydrogen) atoms. The number of hydrogen-bond acceptors (Lipinski definition) is 5. The fourth-order valence-electron chi connectivity index (χ4n) is 6.63. The summed E-state index contributed by atoms with van der Waals surface area (Å²) in [5.41, 5.74) is 5.72. The van der Waals surface area contributed by atoms with Crippen molar-refractivity contribution in [3.8, 4) is 11.1 Å². The van der Waals surface area contributed by atoms with Crippen LogP contribution in [0.4, 0.5) is 0 Å². The highest BCUT2D eigenvalue weighted by atomic mass is 32.1. The van der Waals surface area contributed by atoms with Gasteiger partial charge < -0.3 is 4.90 Å². The van der Waals surface area contributed by atoms with Gasteiger partial charge in [-0.15, -0.1) is 22.7 Å². The maximum Gasteiger partial charge on any atom is 0.160 e. The number of thiophene rings is 2. The van der Waals surface area contributed by atoms with Crippen molar-refractivity contribution < 1.29 is 0 Å². The summed E-state index contributed by atoms with van der Waals surface area (Å²) in [4.78, 5) is 13.2. The first-order chi connectivity index (χ1) is 22.2. The fraction of sp³-hybridized carbons (Fsp3) is 0.0500. The maximum absolute atomic E-state index is 5.47. The summed E-state index contributed by atoms with van der Waals surface area (Å²) in [5, 5.41) is 5.08. The van der Waals surface area contributed by atoms with E-state index in [1.807, 2.05) is 22.7 Å². The summed E-state index contributed by atoms with van der Waals surface area (Å²) in [5.74, 6) is 1.70. The van der Waals surface area contributed by atoms with Crippen molar-refractivity contribution in [1.29, 1.82) is 0 Å². The van der Waals surface area contributed by atoms with E-state index in [0.29, 0.717) is 0 Å². The molecule has 214 valence electrons. The number of amidine groups is 2. The van der Waals surface area contributed by atoms with Crippen LogP contribution < -0.4 is 0 Å². The highest BCUT2D eigenvalue weighted by Crippen LogP contribution is 2.41. The van der Waals surface area contributed by atoms with Crippen LogP contribution in [0.2, 0.25) is 0 Å². The molecule has 1 aliphatic rings. The molecule has 2 aromatic heterocycles. The molecule has 5 heteroatoms. The molecule has 0 N–H and O–H groups in total. The van der Waals surface area contributed by atoms with E-state index in [-0.39, 0.29) is 6.17 Å². The Bertz CT molecular complexity index is 2470. The van der Waals surface area contributed by atoms with Crippen LogP contribution in [-0.2, 0) is 0 Å². The number of hydrogen-bond donors (Lipinski definition) is 0. The smallest absolute Gasteiger partial charge is 0.160 e. The zero-order chi connectivity index (χ0) is 29.9. The minimum atomic E-state index is -0.266. The molecule has 0 saturated carbocycles. The van der Waals surface area contributed by atoms with E-state index in [9.17, 15) is 0 Å². The molecule has 0 bridgehead atoms. The second-order valence-electron chi connectivity index (χ2n) is 11.4. The predicted octanol–water partition coefficient (Wildman–Crippen LogP) is 10.9. The van der Waals surface area contributed by atoms with E-state index in [0.717, 1.165) is 28.4 Å². The van der Waals surface area contributed by atoms with Crippen LogP contribution in [0.5, 0.6) is 0 Å². The van der Waals surface area contributed by atoms with Crippen LogP contribution in [0.1, 0.15) is 22.9 Å². The number of benzene rings is 6. The first-order valence-electron chi connectivity index (χ1n) is 15.1. The van der Waals surface area contributed by atoms with E-state index in [2.05, 4.69) is 151 Å². The number of rotatable bonds is 4. The molecule has 1 unspecified atom stereocenters. The molecule has 9 rings (SSSR count). The van der Waals surface area contributed by atoms with E-state index in [1.54, 1.807) is 0 Å². The van der Waals surface area contributed by atoms with E-state index < -0.39 is 0 Å². The largest absolute Gasteiger partial charge is 0.333 e. The Morgan fingerprint density at radius 1 is 0.511 bits per heavy atom. The van der Waals surface area contributed by atoms with Crippen molar-refractivity contribution in [2.75, 3.05) is 7.05 Å². The van der Waals surface area contributed by atoms with Gasteiger partial charge in [0.1, 0.15) is 5.84 Å². The Kier molecular flexibility index (Phi) is 6.15. The predicted molar refractivity (Wildman–Crippen MR) is 194 cm³/mol. The molecule has 6 aromatic carbocycles. The monoisotopic (exact) mass is 613 g/mol. The van der Waals surface area contributed by atoms with Gasteiger partial charge in [-0.25, -0.2) is 9.98 Å². The Morgan fingerprint density at radius 2 is 1.04 bits per heavy atom. The van der Waals surface area contributed by atoms with Gasteiger partial charge in [0.05, 0.1) is 0 Å².